The van der Waals surface area contributed by atoms with Gasteiger partial charge < -0.3 is 24.3 Å². The van der Waals surface area contributed by atoms with Gasteiger partial charge in [-0.3, -0.25) is 19.8 Å². The lowest BCUT2D eigenvalue weighted by atomic mass is 10.1. The van der Waals surface area contributed by atoms with Crippen LogP contribution >= 0.6 is 23.5 Å². The van der Waals surface area contributed by atoms with Crippen LogP contribution < -0.4 is 0 Å². The van der Waals surface area contributed by atoms with Gasteiger partial charge in [-0.25, -0.2) is 13.7 Å². The van der Waals surface area contributed by atoms with Crippen LogP contribution in [-0.2, 0) is 31.6 Å². The molecule has 1 fully saturated rings. The van der Waals surface area contributed by atoms with Crippen molar-refractivity contribution in [3.05, 3.63) is 10.4 Å². The van der Waals surface area contributed by atoms with E-state index in [1.54, 1.807) is 4.90 Å². The van der Waals surface area contributed by atoms with Crippen molar-refractivity contribution in [2.45, 2.75) is 37.4 Å². The quantitative estimate of drug-likeness (QED) is 0.120. The Bertz CT molecular complexity index is 1010. The van der Waals surface area contributed by atoms with Crippen LogP contribution in [0.4, 0.5) is 0 Å². The summed E-state index contributed by atoms with van der Waals surface area (Å²) in [5.41, 5.74) is 8.73. The summed E-state index contributed by atoms with van der Waals surface area (Å²) in [6, 6.07) is -0.733. The fourth-order valence-electron chi connectivity index (χ4n) is 3.09. The molecule has 0 amide bonds. The van der Waals surface area contributed by atoms with Crippen molar-refractivity contribution in [1.82, 2.24) is 9.91 Å². The molecular formula is C10H17N8O11P3. The summed E-state index contributed by atoms with van der Waals surface area (Å²) in [4.78, 5) is 47.9. The van der Waals surface area contributed by atoms with Crippen LogP contribution in [0, 0.1) is 5.41 Å². The fourth-order valence-corrected chi connectivity index (χ4v) is 6.14. The van der Waals surface area contributed by atoms with Gasteiger partial charge in [-0.2, -0.15) is 23.5 Å². The zero-order valence-corrected chi connectivity index (χ0v) is 18.4. The van der Waals surface area contributed by atoms with Crippen LogP contribution in [0.15, 0.2) is 15.2 Å². The van der Waals surface area contributed by atoms with E-state index in [4.69, 9.17) is 30.4 Å². The van der Waals surface area contributed by atoms with E-state index >= 15 is 0 Å². The zero-order chi connectivity index (χ0) is 23.7. The minimum atomic E-state index is -5.61. The second kappa shape index (κ2) is 9.27. The predicted octanol–water partition coefficient (Wildman–Crippen LogP) is 0.420. The Balaban J connectivity index is 1.57. The standard InChI is InChI=1S/C10H17N8O11P3/c11-9-8-10(18(5-14-9)16-15-12)17(4-13-8)7-2-1-6(27-7)3-26-31(22,23)29-32(24,25)28-30(19,20)21/h4-8,10-11H,1-3H2,(H,22,23)(H,24,25)(H2,19,20,21)/t6-,7+,8?,10?/m0/s1. The van der Waals surface area contributed by atoms with Crippen molar-refractivity contribution in [3.8, 4) is 0 Å². The van der Waals surface area contributed by atoms with E-state index < -0.39 is 54.6 Å². The first-order valence-corrected chi connectivity index (χ1v) is 13.0. The molecule has 0 radical (unpaired) electrons. The number of aliphatic imine (C=N–C) groups is 2. The molecule has 0 aliphatic carbocycles. The Morgan fingerprint density at radius 2 is 1.94 bits per heavy atom. The summed E-state index contributed by atoms with van der Waals surface area (Å²) < 4.78 is 51.4. The molecule has 4 unspecified atom stereocenters. The molecule has 178 valence electrons. The third-order valence-electron chi connectivity index (χ3n) is 4.22. The van der Waals surface area contributed by atoms with Gasteiger partial charge in [0, 0.05) is 0 Å². The molecule has 3 heterocycles. The molecule has 19 nitrogen and oxygen atoms in total. The number of nitrogens with zero attached hydrogens (tertiary/aromatic N) is 7. The van der Waals surface area contributed by atoms with E-state index in [9.17, 15) is 18.6 Å². The maximum Gasteiger partial charge on any atom is 0.490 e. The minimum absolute atomic E-state index is 0.0552. The van der Waals surface area contributed by atoms with Gasteiger partial charge in [0.2, 0.25) is 6.17 Å². The number of rotatable bonds is 9. The molecular weight excluding hydrogens is 501 g/mol. The Kier molecular flexibility index (Phi) is 7.22. The van der Waals surface area contributed by atoms with Gasteiger partial charge in [-0.1, -0.05) is 0 Å². The monoisotopic (exact) mass is 518 g/mol. The van der Waals surface area contributed by atoms with Gasteiger partial charge in [-0.15, -0.1) is 5.53 Å². The summed E-state index contributed by atoms with van der Waals surface area (Å²) in [5, 5.41) is 12.5. The van der Waals surface area contributed by atoms with Crippen LogP contribution in [0.3, 0.4) is 0 Å². The summed E-state index contributed by atoms with van der Waals surface area (Å²) in [5.74, 6) is -0.0552. The Morgan fingerprint density at radius 1 is 1.22 bits per heavy atom. The molecule has 0 aromatic heterocycles. The van der Waals surface area contributed by atoms with Gasteiger partial charge in [-0.05, 0) is 18.1 Å². The van der Waals surface area contributed by atoms with Crippen molar-refractivity contribution in [3.63, 3.8) is 0 Å². The molecule has 1 saturated heterocycles. The van der Waals surface area contributed by atoms with Gasteiger partial charge in [0.15, 0.2) is 18.2 Å². The van der Waals surface area contributed by atoms with E-state index in [0.717, 1.165) is 0 Å². The van der Waals surface area contributed by atoms with Crippen molar-refractivity contribution in [1.29, 1.82) is 5.41 Å². The zero-order valence-electron chi connectivity index (χ0n) is 15.7. The number of amidine groups is 1. The molecule has 0 saturated carbocycles. The molecule has 3 aliphatic rings. The lowest BCUT2D eigenvalue weighted by Crippen LogP contribution is -2.55. The van der Waals surface area contributed by atoms with Crippen LogP contribution in [0.5, 0.6) is 0 Å². The normalized spacial score (nSPS) is 31.2. The van der Waals surface area contributed by atoms with Crippen molar-refractivity contribution >= 4 is 42.0 Å². The van der Waals surface area contributed by atoms with E-state index in [2.05, 4.69) is 33.3 Å². The maximum absolute atomic E-state index is 11.8. The summed E-state index contributed by atoms with van der Waals surface area (Å²) in [7, 11) is -16.4. The molecule has 32 heavy (non-hydrogen) atoms. The number of phosphoric ester groups is 1. The topological polar surface area (TPSA) is 273 Å². The van der Waals surface area contributed by atoms with Crippen LogP contribution in [0.1, 0.15) is 12.8 Å². The maximum atomic E-state index is 11.8. The first-order chi connectivity index (χ1) is 14.8. The van der Waals surface area contributed by atoms with Crippen LogP contribution in [-0.4, -0.2) is 79.1 Å². The minimum Gasteiger partial charge on any atom is -0.353 e. The van der Waals surface area contributed by atoms with E-state index in [1.165, 1.54) is 17.7 Å². The summed E-state index contributed by atoms with van der Waals surface area (Å²) in [6.45, 7) is -0.587. The molecule has 0 spiro atoms. The third kappa shape index (κ3) is 6.20. The molecule has 0 aromatic carbocycles. The van der Waals surface area contributed by atoms with Crippen molar-refractivity contribution in [2.75, 3.05) is 6.61 Å². The number of hydrogen-bond acceptors (Lipinski definition) is 11. The number of ether oxygens (including phenoxy) is 1. The summed E-state index contributed by atoms with van der Waals surface area (Å²) >= 11 is 0. The SMILES string of the molecule is [N-]=[N+]=NN1C=NC(=N)C2N=CN([C@H]3CC[C@@H](COP(=O)(O)OP(=O)(O)OP(=O)(O)O)O3)C21. The molecule has 3 aliphatic heterocycles. The highest BCUT2D eigenvalue weighted by Gasteiger charge is 2.48. The van der Waals surface area contributed by atoms with Gasteiger partial charge >= 0.3 is 23.5 Å². The first-order valence-electron chi connectivity index (χ1n) is 8.51. The van der Waals surface area contributed by atoms with E-state index in [1.807, 2.05) is 0 Å². The number of hydrogen-bond donors (Lipinski definition) is 5. The van der Waals surface area contributed by atoms with Crippen LogP contribution in [0.2, 0.25) is 0 Å². The van der Waals surface area contributed by atoms with Gasteiger partial charge in [0.05, 0.1) is 19.0 Å². The number of phosphoric acid groups is 3. The summed E-state index contributed by atoms with van der Waals surface area (Å²) in [6.07, 6.45) is 1.09. The highest BCUT2D eigenvalue weighted by atomic mass is 31.3. The smallest absolute Gasteiger partial charge is 0.353 e. The highest BCUT2D eigenvalue weighted by molar-refractivity contribution is 7.66. The molecule has 6 atom stereocenters. The van der Waals surface area contributed by atoms with Crippen molar-refractivity contribution in [2.24, 2.45) is 15.2 Å². The average Bonchev–Trinajstić information content (AvgIpc) is 3.26. The van der Waals surface area contributed by atoms with E-state index in [-0.39, 0.29) is 5.84 Å². The predicted molar refractivity (Wildman–Crippen MR) is 103 cm³/mol. The lowest BCUT2D eigenvalue weighted by Gasteiger charge is -2.34. The number of azide groups is 1. The number of nitrogens with one attached hydrogen (secondary N) is 1. The molecule has 5 N–H and O–H groups in total. The Hall–Kier alpha value is -1.71. The molecule has 0 aromatic rings. The van der Waals surface area contributed by atoms with Gasteiger partial charge in [0.1, 0.15) is 6.23 Å². The number of fused-ring (bicyclic) bond motifs is 1. The molecule has 22 heteroatoms. The molecule has 3 rings (SSSR count). The lowest BCUT2D eigenvalue weighted by molar-refractivity contribution is -0.0637. The molecule has 0 bridgehead atoms. The average molecular weight is 518 g/mol. The van der Waals surface area contributed by atoms with Crippen molar-refractivity contribution < 1.29 is 51.2 Å². The Morgan fingerprint density at radius 3 is 2.59 bits per heavy atom. The highest BCUT2D eigenvalue weighted by Crippen LogP contribution is 2.66. The largest absolute Gasteiger partial charge is 0.490 e. The fraction of sp³-hybridized carbons (Fsp3) is 0.700. The van der Waals surface area contributed by atoms with Gasteiger partial charge in [0.25, 0.3) is 0 Å². The Labute approximate surface area is 178 Å². The second-order valence-corrected chi connectivity index (χ2v) is 10.9. The first kappa shape index (κ1) is 24.9. The second-order valence-electron chi connectivity index (χ2n) is 6.44. The van der Waals surface area contributed by atoms with E-state index in [0.29, 0.717) is 12.8 Å². The van der Waals surface area contributed by atoms with Crippen LogP contribution in [0.25, 0.3) is 10.4 Å². The third-order valence-corrected chi connectivity index (χ3v) is 8.02.